The molecule has 154 valence electrons. The molecule has 2 N–H and O–H groups in total. The Kier molecular flexibility index (Phi) is 5.10. The summed E-state index contributed by atoms with van der Waals surface area (Å²) >= 11 is 6.16. The third kappa shape index (κ3) is 3.07. The summed E-state index contributed by atoms with van der Waals surface area (Å²) in [5, 5.41) is 0.113. The number of anilines is 1. The van der Waals surface area contributed by atoms with Gasteiger partial charge >= 0.3 is 5.97 Å². The number of esters is 1. The number of hydrogen-bond donors (Lipinski definition) is 1. The van der Waals surface area contributed by atoms with Crippen molar-refractivity contribution in [2.75, 3.05) is 5.73 Å². The second-order valence-electron chi connectivity index (χ2n) is 7.11. The molecule has 8 nitrogen and oxygen atoms in total. The van der Waals surface area contributed by atoms with E-state index in [1.807, 2.05) is 19.9 Å². The minimum Gasteiger partial charge on any atom is -0.437 e. The molecule has 9 heteroatoms. The SMILES string of the molecule is C#C[C@@]1(OC(=O)c2ccccc2)[C@H](C)[C@@H](CC)O[C@H]1n1cnc2c(Cl)nc(N)nc21. The lowest BCUT2D eigenvalue weighted by Gasteiger charge is -2.32. The summed E-state index contributed by atoms with van der Waals surface area (Å²) in [6.45, 7) is 3.88. The van der Waals surface area contributed by atoms with Crippen LogP contribution in [0.25, 0.3) is 11.2 Å². The number of fused-ring (bicyclic) bond motifs is 1. The highest BCUT2D eigenvalue weighted by molar-refractivity contribution is 6.33. The highest BCUT2D eigenvalue weighted by atomic mass is 35.5. The van der Waals surface area contributed by atoms with Crippen molar-refractivity contribution in [2.24, 2.45) is 5.92 Å². The molecule has 4 atom stereocenters. The number of nitrogens with two attached hydrogens (primary N) is 1. The number of rotatable bonds is 4. The van der Waals surface area contributed by atoms with Crippen LogP contribution in [0.4, 0.5) is 5.95 Å². The molecule has 1 saturated heterocycles. The minimum atomic E-state index is -1.40. The van der Waals surface area contributed by atoms with Gasteiger partial charge in [0.1, 0.15) is 5.52 Å². The van der Waals surface area contributed by atoms with Crippen LogP contribution in [0.15, 0.2) is 36.7 Å². The first-order valence-corrected chi connectivity index (χ1v) is 9.86. The Morgan fingerprint density at radius 1 is 1.40 bits per heavy atom. The van der Waals surface area contributed by atoms with Gasteiger partial charge in [-0.3, -0.25) is 4.57 Å². The summed E-state index contributed by atoms with van der Waals surface area (Å²) in [5.41, 5.74) is 5.46. The van der Waals surface area contributed by atoms with E-state index in [9.17, 15) is 4.79 Å². The molecule has 0 radical (unpaired) electrons. The minimum absolute atomic E-state index is 0.0140. The van der Waals surface area contributed by atoms with Gasteiger partial charge in [-0.1, -0.05) is 49.6 Å². The number of halogens is 1. The maximum absolute atomic E-state index is 12.9. The van der Waals surface area contributed by atoms with Crippen molar-refractivity contribution in [2.45, 2.75) is 38.2 Å². The number of hydrogen-bond acceptors (Lipinski definition) is 7. The molecule has 1 aliphatic heterocycles. The summed E-state index contributed by atoms with van der Waals surface area (Å²) in [4.78, 5) is 25.4. The zero-order valence-corrected chi connectivity index (χ0v) is 17.2. The number of aromatic nitrogens is 4. The van der Waals surface area contributed by atoms with E-state index in [-0.39, 0.29) is 23.1 Å². The fraction of sp³-hybridized carbons (Fsp3) is 0.333. The Hall–Kier alpha value is -3.15. The van der Waals surface area contributed by atoms with Crippen molar-refractivity contribution in [1.29, 1.82) is 0 Å². The molecule has 0 amide bonds. The molecule has 2 aromatic heterocycles. The largest absolute Gasteiger partial charge is 0.437 e. The van der Waals surface area contributed by atoms with Gasteiger partial charge in [0, 0.05) is 5.92 Å². The highest BCUT2D eigenvalue weighted by Crippen LogP contribution is 2.47. The molecule has 3 aromatic rings. The van der Waals surface area contributed by atoms with Crippen LogP contribution in [0, 0.1) is 18.3 Å². The van der Waals surface area contributed by atoms with Gasteiger partial charge in [-0.25, -0.2) is 9.78 Å². The summed E-state index contributed by atoms with van der Waals surface area (Å²) < 4.78 is 13.8. The molecule has 0 unspecified atom stereocenters. The van der Waals surface area contributed by atoms with Gasteiger partial charge < -0.3 is 15.2 Å². The summed E-state index contributed by atoms with van der Waals surface area (Å²) in [7, 11) is 0. The van der Waals surface area contributed by atoms with Gasteiger partial charge in [0.05, 0.1) is 18.0 Å². The molecule has 1 aliphatic rings. The summed E-state index contributed by atoms with van der Waals surface area (Å²) in [5.74, 6) is 1.85. The first kappa shape index (κ1) is 20.1. The van der Waals surface area contributed by atoms with E-state index in [1.54, 1.807) is 28.8 Å². The van der Waals surface area contributed by atoms with E-state index >= 15 is 0 Å². The average molecular weight is 426 g/mol. The average Bonchev–Trinajstić information content (AvgIpc) is 3.28. The summed E-state index contributed by atoms with van der Waals surface area (Å²) in [6, 6.07) is 8.66. The lowest BCUT2D eigenvalue weighted by Crippen LogP contribution is -2.44. The Labute approximate surface area is 178 Å². The number of carbonyl (C=O) groups excluding carboxylic acids is 1. The molecule has 30 heavy (non-hydrogen) atoms. The number of ether oxygens (including phenoxy) is 2. The van der Waals surface area contributed by atoms with Crippen LogP contribution >= 0.6 is 11.6 Å². The molecule has 4 rings (SSSR count). The van der Waals surface area contributed by atoms with Crippen LogP contribution in [0.2, 0.25) is 5.15 Å². The van der Waals surface area contributed by atoms with Crippen molar-refractivity contribution >= 4 is 34.7 Å². The Morgan fingerprint density at radius 2 is 2.13 bits per heavy atom. The molecule has 0 aliphatic carbocycles. The van der Waals surface area contributed by atoms with E-state index in [2.05, 4.69) is 20.9 Å². The van der Waals surface area contributed by atoms with E-state index in [0.717, 1.165) is 0 Å². The van der Waals surface area contributed by atoms with E-state index in [1.165, 1.54) is 6.33 Å². The topological polar surface area (TPSA) is 105 Å². The number of carbonyl (C=O) groups is 1. The lowest BCUT2D eigenvalue weighted by molar-refractivity contribution is -0.0754. The highest BCUT2D eigenvalue weighted by Gasteiger charge is 2.57. The van der Waals surface area contributed by atoms with Crippen LogP contribution in [0.1, 0.15) is 36.9 Å². The second kappa shape index (κ2) is 7.59. The van der Waals surface area contributed by atoms with E-state index < -0.39 is 17.8 Å². The zero-order valence-electron chi connectivity index (χ0n) is 16.4. The fourth-order valence-corrected chi connectivity index (χ4v) is 4.06. The van der Waals surface area contributed by atoms with Gasteiger partial charge in [0.15, 0.2) is 17.0 Å². The third-order valence-electron chi connectivity index (χ3n) is 5.45. The fourth-order valence-electron chi connectivity index (χ4n) is 3.84. The van der Waals surface area contributed by atoms with E-state index in [4.69, 9.17) is 33.2 Å². The Bertz CT molecular complexity index is 1140. The van der Waals surface area contributed by atoms with Crippen molar-refractivity contribution in [1.82, 2.24) is 19.5 Å². The maximum Gasteiger partial charge on any atom is 0.339 e. The summed E-state index contributed by atoms with van der Waals surface area (Å²) in [6.07, 6.45) is 7.02. The van der Waals surface area contributed by atoms with Gasteiger partial charge in [-0.05, 0) is 18.6 Å². The van der Waals surface area contributed by atoms with Crippen LogP contribution in [-0.2, 0) is 9.47 Å². The molecule has 0 saturated carbocycles. The standard InChI is InChI=1S/C21H20ClN5O3/c1-4-14-12(3)21(5-2,30-18(28)13-9-7-6-8-10-13)19(29-14)27-11-24-15-16(22)25-20(23)26-17(15)27/h2,6-12,14,19H,4H2,1,3H3,(H2,23,25,26)/t12-,14-,19-,21-/m1/s1. The lowest BCUT2D eigenvalue weighted by atomic mass is 9.85. The number of nitrogens with zero attached hydrogens (tertiary/aromatic N) is 4. The van der Waals surface area contributed by atoms with Gasteiger partial charge in [-0.2, -0.15) is 9.97 Å². The van der Waals surface area contributed by atoms with Crippen molar-refractivity contribution in [3.05, 3.63) is 47.4 Å². The Balaban J connectivity index is 1.83. The van der Waals surface area contributed by atoms with Crippen LogP contribution in [0.3, 0.4) is 0 Å². The van der Waals surface area contributed by atoms with Gasteiger partial charge in [0.25, 0.3) is 0 Å². The van der Waals surface area contributed by atoms with Crippen LogP contribution in [-0.4, -0.2) is 37.2 Å². The first-order valence-electron chi connectivity index (χ1n) is 9.48. The number of terminal acetylenes is 1. The number of nitrogen functional groups attached to an aromatic ring is 1. The molecule has 3 heterocycles. The maximum atomic E-state index is 12.9. The monoisotopic (exact) mass is 425 g/mol. The third-order valence-corrected chi connectivity index (χ3v) is 5.72. The van der Waals surface area contributed by atoms with Crippen molar-refractivity contribution in [3.8, 4) is 12.3 Å². The smallest absolute Gasteiger partial charge is 0.339 e. The van der Waals surface area contributed by atoms with Gasteiger partial charge in [-0.15, -0.1) is 6.42 Å². The molecule has 0 bridgehead atoms. The van der Waals surface area contributed by atoms with Crippen molar-refractivity contribution < 1.29 is 14.3 Å². The van der Waals surface area contributed by atoms with Crippen molar-refractivity contribution in [3.63, 3.8) is 0 Å². The predicted octanol–water partition coefficient (Wildman–Crippen LogP) is 3.23. The van der Waals surface area contributed by atoms with Gasteiger partial charge in [0.2, 0.25) is 11.5 Å². The molecular formula is C21H20ClN5O3. The zero-order chi connectivity index (χ0) is 21.5. The first-order chi connectivity index (χ1) is 14.4. The Morgan fingerprint density at radius 3 is 2.80 bits per heavy atom. The molecule has 1 aromatic carbocycles. The number of imidazole rings is 1. The molecular weight excluding hydrogens is 406 g/mol. The normalized spacial score (nSPS) is 25.9. The second-order valence-corrected chi connectivity index (χ2v) is 7.47. The predicted molar refractivity (Wildman–Crippen MR) is 112 cm³/mol. The van der Waals surface area contributed by atoms with Crippen LogP contribution in [0.5, 0.6) is 0 Å². The van der Waals surface area contributed by atoms with Crippen LogP contribution < -0.4 is 5.73 Å². The van der Waals surface area contributed by atoms with E-state index in [0.29, 0.717) is 23.1 Å². The number of benzene rings is 1. The quantitative estimate of drug-likeness (QED) is 0.388. The molecule has 1 fully saturated rings. The molecule has 0 spiro atoms.